The van der Waals surface area contributed by atoms with Crippen LogP contribution in [0.25, 0.3) is 5.57 Å². The maximum Gasteiger partial charge on any atom is 0.414 e. The maximum atomic E-state index is 13.0. The van der Waals surface area contributed by atoms with Crippen molar-refractivity contribution in [3.63, 3.8) is 0 Å². The Labute approximate surface area is 181 Å². The van der Waals surface area contributed by atoms with Gasteiger partial charge in [0.2, 0.25) is 5.91 Å². The zero-order valence-corrected chi connectivity index (χ0v) is 17.7. The molecular formula is C23H28N4O4. The third-order valence-electron chi connectivity index (χ3n) is 6.16. The summed E-state index contributed by atoms with van der Waals surface area (Å²) in [5, 5.41) is 0. The predicted molar refractivity (Wildman–Crippen MR) is 118 cm³/mol. The van der Waals surface area contributed by atoms with E-state index in [0.29, 0.717) is 31.5 Å². The van der Waals surface area contributed by atoms with Crippen molar-refractivity contribution in [2.45, 2.75) is 50.8 Å². The molecule has 2 saturated carbocycles. The van der Waals surface area contributed by atoms with Gasteiger partial charge in [0, 0.05) is 30.5 Å². The molecule has 8 heteroatoms. The fourth-order valence-electron chi connectivity index (χ4n) is 3.95. The highest BCUT2D eigenvalue weighted by atomic mass is 16.6. The Hall–Kier alpha value is -2.87. The number of aliphatic imine (C=N–C) groups is 1. The second-order valence-corrected chi connectivity index (χ2v) is 8.82. The number of ether oxygens (including phenoxy) is 2. The topological polar surface area (TPSA) is 97.5 Å². The number of nitrogens with zero attached hydrogens (tertiary/aromatic N) is 3. The lowest BCUT2D eigenvalue weighted by molar-refractivity contribution is -0.120. The molecule has 3 fully saturated rings. The molecule has 2 amide bonds. The lowest BCUT2D eigenvalue weighted by Crippen LogP contribution is -2.53. The SMILES string of the molecule is C[C@H]1CN(C(=O)OC2COC2)c2cc(/C(C=NC3CC3)=C/N)ccc2N1C(=O)C1CC1. The van der Waals surface area contributed by atoms with Gasteiger partial charge in [0.1, 0.15) is 0 Å². The monoisotopic (exact) mass is 424 g/mol. The average Bonchev–Trinajstić information content (AvgIpc) is 3.63. The van der Waals surface area contributed by atoms with Crippen LogP contribution in [0.4, 0.5) is 16.2 Å². The standard InChI is InChI=1S/C23H28N4O4/c1-14-11-26(23(29)31-19-12-30-13-19)21-8-16(17(9-24)10-25-18-5-6-18)4-7-20(21)27(14)22(28)15-2-3-15/h4,7-10,14-15,18-19H,2-3,5-6,11-13,24H2,1H3/b17-9+,25-10?/t14-/m0/s1. The number of hydrogen-bond donors (Lipinski definition) is 1. The number of carbonyl (C=O) groups excluding carboxylic acids is 2. The molecule has 2 heterocycles. The van der Waals surface area contributed by atoms with Crippen LogP contribution in [0, 0.1) is 5.92 Å². The van der Waals surface area contributed by atoms with Crippen molar-refractivity contribution in [2.24, 2.45) is 16.6 Å². The number of carbonyl (C=O) groups is 2. The summed E-state index contributed by atoms with van der Waals surface area (Å²) in [6.45, 7) is 3.19. The molecule has 0 bridgehead atoms. The number of rotatable bonds is 5. The molecule has 2 N–H and O–H groups in total. The third kappa shape index (κ3) is 4.04. The highest BCUT2D eigenvalue weighted by Crippen LogP contribution is 2.42. The van der Waals surface area contributed by atoms with E-state index in [9.17, 15) is 9.59 Å². The molecule has 164 valence electrons. The van der Waals surface area contributed by atoms with Gasteiger partial charge in [-0.2, -0.15) is 0 Å². The number of anilines is 2. The lowest BCUT2D eigenvalue weighted by atomic mass is 10.0. The molecule has 0 spiro atoms. The van der Waals surface area contributed by atoms with Crippen LogP contribution in [0.1, 0.15) is 38.2 Å². The molecule has 1 atom stereocenters. The number of amides is 2. The second-order valence-electron chi connectivity index (χ2n) is 8.82. The highest BCUT2D eigenvalue weighted by Gasteiger charge is 2.42. The van der Waals surface area contributed by atoms with Gasteiger partial charge in [0.25, 0.3) is 0 Å². The molecule has 1 aromatic carbocycles. The molecule has 0 radical (unpaired) electrons. The van der Waals surface area contributed by atoms with Gasteiger partial charge in [0.15, 0.2) is 6.10 Å². The first-order valence-corrected chi connectivity index (χ1v) is 11.0. The van der Waals surface area contributed by atoms with Crippen LogP contribution in [0.15, 0.2) is 29.4 Å². The molecule has 1 aromatic rings. The van der Waals surface area contributed by atoms with E-state index < -0.39 is 6.09 Å². The Morgan fingerprint density at radius 3 is 2.58 bits per heavy atom. The molecule has 2 aliphatic heterocycles. The Balaban J connectivity index is 1.50. The largest absolute Gasteiger partial charge is 0.441 e. The summed E-state index contributed by atoms with van der Waals surface area (Å²) in [7, 11) is 0. The molecule has 0 aromatic heterocycles. The van der Waals surface area contributed by atoms with Gasteiger partial charge in [-0.3, -0.25) is 14.7 Å². The Morgan fingerprint density at radius 1 is 1.19 bits per heavy atom. The molecule has 5 rings (SSSR count). The highest BCUT2D eigenvalue weighted by molar-refractivity contribution is 6.11. The number of benzene rings is 1. The third-order valence-corrected chi connectivity index (χ3v) is 6.16. The second kappa shape index (κ2) is 8.00. The van der Waals surface area contributed by atoms with E-state index in [1.54, 1.807) is 11.1 Å². The minimum atomic E-state index is -0.415. The van der Waals surface area contributed by atoms with Gasteiger partial charge < -0.3 is 20.1 Å². The first-order valence-electron chi connectivity index (χ1n) is 11.0. The fraction of sp³-hybridized carbons (Fsp3) is 0.522. The first kappa shape index (κ1) is 20.1. The van der Waals surface area contributed by atoms with Crippen LogP contribution >= 0.6 is 0 Å². The molecular weight excluding hydrogens is 396 g/mol. The maximum absolute atomic E-state index is 13.0. The van der Waals surface area contributed by atoms with E-state index in [1.165, 1.54) is 6.20 Å². The molecule has 0 unspecified atom stereocenters. The van der Waals surface area contributed by atoms with Crippen molar-refractivity contribution in [3.05, 3.63) is 30.0 Å². The molecule has 8 nitrogen and oxygen atoms in total. The number of nitrogens with two attached hydrogens (primary N) is 1. The van der Waals surface area contributed by atoms with Crippen LogP contribution in [0.3, 0.4) is 0 Å². The molecule has 31 heavy (non-hydrogen) atoms. The van der Waals surface area contributed by atoms with E-state index in [4.69, 9.17) is 15.2 Å². The summed E-state index contributed by atoms with van der Waals surface area (Å²) in [5.41, 5.74) is 8.91. The van der Waals surface area contributed by atoms with Crippen LogP contribution in [-0.4, -0.2) is 56.2 Å². The van der Waals surface area contributed by atoms with Gasteiger partial charge in [-0.1, -0.05) is 6.07 Å². The zero-order valence-electron chi connectivity index (χ0n) is 17.7. The molecule has 1 saturated heterocycles. The van der Waals surface area contributed by atoms with Crippen molar-refractivity contribution in [1.29, 1.82) is 0 Å². The van der Waals surface area contributed by atoms with Gasteiger partial charge in [-0.05, 0) is 50.3 Å². The van der Waals surface area contributed by atoms with Crippen molar-refractivity contribution >= 4 is 35.2 Å². The number of fused-ring (bicyclic) bond motifs is 1. The Bertz CT molecular complexity index is 947. The van der Waals surface area contributed by atoms with Crippen molar-refractivity contribution < 1.29 is 19.1 Å². The summed E-state index contributed by atoms with van der Waals surface area (Å²) >= 11 is 0. The summed E-state index contributed by atoms with van der Waals surface area (Å²) in [6.07, 6.45) is 6.78. The molecule has 4 aliphatic rings. The zero-order chi connectivity index (χ0) is 21.5. The number of hydrogen-bond acceptors (Lipinski definition) is 6. The normalized spacial score (nSPS) is 24.2. The quantitative estimate of drug-likeness (QED) is 0.733. The fourth-order valence-corrected chi connectivity index (χ4v) is 3.95. The van der Waals surface area contributed by atoms with E-state index in [1.807, 2.05) is 30.0 Å². The molecule has 2 aliphatic carbocycles. The van der Waals surface area contributed by atoms with E-state index in [0.717, 1.165) is 42.5 Å². The van der Waals surface area contributed by atoms with Crippen molar-refractivity contribution in [1.82, 2.24) is 0 Å². The van der Waals surface area contributed by atoms with E-state index in [-0.39, 0.29) is 24.0 Å². The van der Waals surface area contributed by atoms with Crippen LogP contribution in [-0.2, 0) is 14.3 Å². The smallest absolute Gasteiger partial charge is 0.414 e. The summed E-state index contributed by atoms with van der Waals surface area (Å²) in [5.74, 6) is 0.220. The lowest BCUT2D eigenvalue weighted by Gasteiger charge is -2.41. The predicted octanol–water partition coefficient (Wildman–Crippen LogP) is 2.71. The first-order chi connectivity index (χ1) is 15.0. The minimum absolute atomic E-state index is 0.0887. The number of allylic oxidation sites excluding steroid dienone is 1. The summed E-state index contributed by atoms with van der Waals surface area (Å²) in [4.78, 5) is 34.0. The summed E-state index contributed by atoms with van der Waals surface area (Å²) < 4.78 is 10.7. The van der Waals surface area contributed by atoms with Gasteiger partial charge in [-0.25, -0.2) is 4.79 Å². The van der Waals surface area contributed by atoms with Crippen LogP contribution in [0.2, 0.25) is 0 Å². The van der Waals surface area contributed by atoms with E-state index >= 15 is 0 Å². The summed E-state index contributed by atoms with van der Waals surface area (Å²) in [6, 6.07) is 5.99. The minimum Gasteiger partial charge on any atom is -0.441 e. The van der Waals surface area contributed by atoms with Crippen molar-refractivity contribution in [2.75, 3.05) is 29.6 Å². The van der Waals surface area contributed by atoms with Crippen LogP contribution in [0.5, 0.6) is 0 Å². The average molecular weight is 425 g/mol. The van der Waals surface area contributed by atoms with Gasteiger partial charge >= 0.3 is 6.09 Å². The Morgan fingerprint density at radius 2 is 1.97 bits per heavy atom. The van der Waals surface area contributed by atoms with Gasteiger partial charge in [-0.15, -0.1) is 0 Å². The van der Waals surface area contributed by atoms with Crippen molar-refractivity contribution in [3.8, 4) is 0 Å². The van der Waals surface area contributed by atoms with Gasteiger partial charge in [0.05, 0.1) is 36.7 Å². The Kier molecular flexibility index (Phi) is 5.17. The van der Waals surface area contributed by atoms with E-state index in [2.05, 4.69) is 4.99 Å². The van der Waals surface area contributed by atoms with Crippen LogP contribution < -0.4 is 15.5 Å².